The van der Waals surface area contributed by atoms with Crippen LogP contribution in [0.2, 0.25) is 5.02 Å². The minimum Gasteiger partial charge on any atom is -0.330 e. The van der Waals surface area contributed by atoms with Crippen molar-refractivity contribution in [2.75, 3.05) is 6.54 Å². The highest BCUT2D eigenvalue weighted by atomic mass is 35.5. The lowest BCUT2D eigenvalue weighted by Gasteiger charge is -2.12. The van der Waals surface area contributed by atoms with Crippen molar-refractivity contribution in [2.24, 2.45) is 5.73 Å². The molecule has 1 aromatic carbocycles. The fourth-order valence-electron chi connectivity index (χ4n) is 1.44. The van der Waals surface area contributed by atoms with Gasteiger partial charge in [0.25, 0.3) is 0 Å². The Hall–Kier alpha value is -0.600. The van der Waals surface area contributed by atoms with E-state index in [0.717, 1.165) is 12.0 Å². The van der Waals surface area contributed by atoms with Gasteiger partial charge in [-0.3, -0.25) is 0 Å². The van der Waals surface area contributed by atoms with Crippen LogP contribution >= 0.6 is 11.6 Å². The van der Waals surface area contributed by atoms with Crippen LogP contribution in [0.1, 0.15) is 30.4 Å². The third-order valence-electron chi connectivity index (χ3n) is 2.41. The van der Waals surface area contributed by atoms with Crippen LogP contribution in [-0.4, -0.2) is 6.54 Å². The smallest absolute Gasteiger partial charge is 0.127 e. The molecule has 1 nitrogen and oxygen atoms in total. The van der Waals surface area contributed by atoms with Crippen molar-refractivity contribution in [3.63, 3.8) is 0 Å². The first-order chi connectivity index (χ1) is 6.56. The average Bonchev–Trinajstić information content (AvgIpc) is 2.11. The third-order valence-corrected chi connectivity index (χ3v) is 2.82. The van der Waals surface area contributed by atoms with Gasteiger partial charge in [-0.05, 0) is 49.1 Å². The summed E-state index contributed by atoms with van der Waals surface area (Å²) in [5.74, 6) is -0.0639. The molecule has 0 saturated heterocycles. The molecule has 1 atom stereocenters. The molecule has 0 aliphatic rings. The normalized spacial score (nSPS) is 12.9. The summed E-state index contributed by atoms with van der Waals surface area (Å²) in [5, 5.41) is 0.616. The molecule has 78 valence electrons. The Kier molecular flexibility index (Phi) is 3.90. The Bertz CT molecular complexity index is 325. The molecule has 0 saturated carbocycles. The topological polar surface area (TPSA) is 26.0 Å². The van der Waals surface area contributed by atoms with Crippen molar-refractivity contribution in [1.29, 1.82) is 0 Å². The fraction of sp³-hybridized carbons (Fsp3) is 0.455. The number of nitrogens with two attached hydrogens (primary N) is 1. The zero-order chi connectivity index (χ0) is 10.7. The van der Waals surface area contributed by atoms with Gasteiger partial charge in [-0.15, -0.1) is 0 Å². The Labute approximate surface area is 89.1 Å². The van der Waals surface area contributed by atoms with Gasteiger partial charge in [-0.1, -0.05) is 18.5 Å². The molecule has 0 amide bonds. The van der Waals surface area contributed by atoms with Crippen LogP contribution < -0.4 is 5.73 Å². The predicted octanol–water partition coefficient (Wildman–Crippen LogP) is 3.24. The molecular weight excluding hydrogens is 201 g/mol. The zero-order valence-corrected chi connectivity index (χ0v) is 9.24. The summed E-state index contributed by atoms with van der Waals surface area (Å²) in [5.41, 5.74) is 6.86. The first kappa shape index (κ1) is 11.5. The number of hydrogen-bond acceptors (Lipinski definition) is 1. The Morgan fingerprint density at radius 2 is 2.14 bits per heavy atom. The van der Waals surface area contributed by atoms with E-state index in [9.17, 15) is 4.39 Å². The van der Waals surface area contributed by atoms with E-state index >= 15 is 0 Å². The number of rotatable bonds is 3. The first-order valence-corrected chi connectivity index (χ1v) is 5.09. The Morgan fingerprint density at radius 3 is 2.71 bits per heavy atom. The maximum atomic E-state index is 13.5. The lowest BCUT2D eigenvalue weighted by molar-refractivity contribution is 0.576. The van der Waals surface area contributed by atoms with E-state index in [0.29, 0.717) is 17.1 Å². The quantitative estimate of drug-likeness (QED) is 0.823. The summed E-state index contributed by atoms with van der Waals surface area (Å²) in [4.78, 5) is 0. The van der Waals surface area contributed by atoms with Crippen molar-refractivity contribution in [1.82, 2.24) is 0 Å². The van der Waals surface area contributed by atoms with Crippen molar-refractivity contribution < 1.29 is 4.39 Å². The summed E-state index contributed by atoms with van der Waals surface area (Å²) >= 11 is 5.93. The van der Waals surface area contributed by atoms with E-state index < -0.39 is 0 Å². The fourth-order valence-corrected chi connectivity index (χ4v) is 1.62. The van der Waals surface area contributed by atoms with E-state index in [2.05, 4.69) is 0 Å². The summed E-state index contributed by atoms with van der Waals surface area (Å²) in [6.45, 7) is 4.31. The lowest BCUT2D eigenvalue weighted by Crippen LogP contribution is -2.06. The summed E-state index contributed by atoms with van der Waals surface area (Å²) < 4.78 is 13.5. The monoisotopic (exact) mass is 215 g/mol. The highest BCUT2D eigenvalue weighted by Crippen LogP contribution is 2.27. The van der Waals surface area contributed by atoms with Gasteiger partial charge in [0.15, 0.2) is 0 Å². The molecule has 0 heterocycles. The second-order valence-corrected chi connectivity index (χ2v) is 4.01. The van der Waals surface area contributed by atoms with Gasteiger partial charge in [-0.25, -0.2) is 4.39 Å². The van der Waals surface area contributed by atoms with Gasteiger partial charge in [0.05, 0.1) is 0 Å². The number of benzene rings is 1. The van der Waals surface area contributed by atoms with Crippen LogP contribution in [0.3, 0.4) is 0 Å². The molecule has 1 rings (SSSR count). The number of hydrogen-bond donors (Lipinski definition) is 1. The van der Waals surface area contributed by atoms with Crippen LogP contribution in [0.4, 0.5) is 4.39 Å². The van der Waals surface area contributed by atoms with Crippen LogP contribution in [0.25, 0.3) is 0 Å². The molecule has 0 bridgehead atoms. The molecule has 0 aliphatic heterocycles. The number of halogens is 2. The SMILES string of the molecule is Cc1cc(F)c(C(C)CCN)cc1Cl. The van der Waals surface area contributed by atoms with Crippen LogP contribution in [0, 0.1) is 12.7 Å². The molecule has 14 heavy (non-hydrogen) atoms. The van der Waals surface area contributed by atoms with E-state index in [-0.39, 0.29) is 11.7 Å². The van der Waals surface area contributed by atoms with E-state index in [1.165, 1.54) is 6.07 Å². The molecular formula is C11H15ClFN. The zero-order valence-electron chi connectivity index (χ0n) is 8.48. The molecule has 0 fully saturated rings. The molecule has 1 aromatic rings. The molecule has 3 heteroatoms. The second-order valence-electron chi connectivity index (χ2n) is 3.60. The molecule has 0 aromatic heterocycles. The van der Waals surface area contributed by atoms with E-state index in [1.807, 2.05) is 6.92 Å². The molecule has 0 spiro atoms. The van der Waals surface area contributed by atoms with Crippen LogP contribution in [0.5, 0.6) is 0 Å². The summed E-state index contributed by atoms with van der Waals surface area (Å²) in [6.07, 6.45) is 0.774. The average molecular weight is 216 g/mol. The molecule has 2 N–H and O–H groups in total. The van der Waals surface area contributed by atoms with E-state index in [1.54, 1.807) is 13.0 Å². The van der Waals surface area contributed by atoms with Gasteiger partial charge < -0.3 is 5.73 Å². The largest absolute Gasteiger partial charge is 0.330 e. The van der Waals surface area contributed by atoms with Gasteiger partial charge in [0, 0.05) is 5.02 Å². The van der Waals surface area contributed by atoms with Gasteiger partial charge in [0.2, 0.25) is 0 Å². The van der Waals surface area contributed by atoms with Crippen LogP contribution in [-0.2, 0) is 0 Å². The van der Waals surface area contributed by atoms with Crippen molar-refractivity contribution in [3.8, 4) is 0 Å². The predicted molar refractivity (Wildman–Crippen MR) is 58.2 cm³/mol. The molecule has 0 aliphatic carbocycles. The van der Waals surface area contributed by atoms with Crippen LogP contribution in [0.15, 0.2) is 12.1 Å². The molecule has 0 radical (unpaired) electrons. The van der Waals surface area contributed by atoms with Gasteiger partial charge in [0.1, 0.15) is 5.82 Å². The van der Waals surface area contributed by atoms with Crippen molar-refractivity contribution >= 4 is 11.6 Å². The molecule has 1 unspecified atom stereocenters. The summed E-state index contributed by atoms with van der Waals surface area (Å²) in [6, 6.07) is 3.18. The van der Waals surface area contributed by atoms with Crippen molar-refractivity contribution in [3.05, 3.63) is 34.1 Å². The second kappa shape index (κ2) is 4.76. The highest BCUT2D eigenvalue weighted by Gasteiger charge is 2.12. The summed E-state index contributed by atoms with van der Waals surface area (Å²) in [7, 11) is 0. The minimum atomic E-state index is -0.187. The van der Waals surface area contributed by atoms with Gasteiger partial charge >= 0.3 is 0 Å². The van der Waals surface area contributed by atoms with E-state index in [4.69, 9.17) is 17.3 Å². The Morgan fingerprint density at radius 1 is 1.50 bits per heavy atom. The highest BCUT2D eigenvalue weighted by molar-refractivity contribution is 6.31. The van der Waals surface area contributed by atoms with Gasteiger partial charge in [-0.2, -0.15) is 0 Å². The maximum Gasteiger partial charge on any atom is 0.127 e. The Balaban J connectivity index is 3.02. The number of aryl methyl sites for hydroxylation is 1. The first-order valence-electron chi connectivity index (χ1n) is 4.72. The lowest BCUT2D eigenvalue weighted by atomic mass is 9.96. The third kappa shape index (κ3) is 2.46. The standard InChI is InChI=1S/C11H15ClFN/c1-7(3-4-14)9-6-10(12)8(2)5-11(9)13/h5-7H,3-4,14H2,1-2H3. The van der Waals surface area contributed by atoms with Crippen molar-refractivity contribution in [2.45, 2.75) is 26.2 Å². The minimum absolute atomic E-state index is 0.123. The maximum absolute atomic E-state index is 13.5.